The number of hydrogen-bond donors (Lipinski definition) is 4. The van der Waals surface area contributed by atoms with E-state index < -0.39 is 11.3 Å². The molecule has 0 aromatic heterocycles. The summed E-state index contributed by atoms with van der Waals surface area (Å²) in [6, 6.07) is 0. The first kappa shape index (κ1) is 12.6. The molecule has 0 radical (unpaired) electrons. The Balaban J connectivity index is 1.93. The molecule has 92 valence electrons. The summed E-state index contributed by atoms with van der Waals surface area (Å²) >= 11 is 1.77. The van der Waals surface area contributed by atoms with Crippen LogP contribution in [0.25, 0.3) is 0 Å². The summed E-state index contributed by atoms with van der Waals surface area (Å²) in [5, 5.41) is 0.551. The topological polar surface area (TPSA) is 104 Å². The minimum atomic E-state index is -0.807. The Morgan fingerprint density at radius 1 is 0.647 bits per heavy atom. The summed E-state index contributed by atoms with van der Waals surface area (Å²) in [4.78, 5) is 0. The molecule has 2 rings (SSSR count). The van der Waals surface area contributed by atoms with Gasteiger partial charge in [-0.25, -0.2) is 0 Å². The molecule has 0 saturated heterocycles. The highest BCUT2D eigenvalue weighted by Crippen LogP contribution is 2.27. The molecule has 0 aromatic carbocycles. The molecule has 8 N–H and O–H groups in total. The van der Waals surface area contributed by atoms with Crippen molar-refractivity contribution in [1.82, 2.24) is 0 Å². The minimum Gasteiger partial charge on any atom is -0.307 e. The maximum atomic E-state index is 5.74. The molecule has 0 atom stereocenters. The molecule has 0 saturated carbocycles. The highest BCUT2D eigenvalue weighted by molar-refractivity contribution is 8.01. The van der Waals surface area contributed by atoms with Crippen LogP contribution >= 0.6 is 11.8 Å². The second-order valence-corrected chi connectivity index (χ2v) is 5.86. The SMILES string of the molecule is NC1(N)C=CC(SC2C=CC(N)(N)C=C2)C=C1. The van der Waals surface area contributed by atoms with Gasteiger partial charge in [0.2, 0.25) is 0 Å². The van der Waals surface area contributed by atoms with Gasteiger partial charge in [0, 0.05) is 10.5 Å². The van der Waals surface area contributed by atoms with Gasteiger partial charge in [-0.2, -0.15) is 0 Å². The Hall–Kier alpha value is -0.850. The fourth-order valence-electron chi connectivity index (χ4n) is 1.65. The largest absolute Gasteiger partial charge is 0.307 e. The third-order valence-corrected chi connectivity index (χ3v) is 3.87. The normalized spacial score (nSPS) is 26.6. The summed E-state index contributed by atoms with van der Waals surface area (Å²) in [5.74, 6) is 0. The van der Waals surface area contributed by atoms with Gasteiger partial charge in [-0.05, 0) is 24.3 Å². The van der Waals surface area contributed by atoms with E-state index in [1.807, 2.05) is 48.6 Å². The number of hydrogen-bond acceptors (Lipinski definition) is 5. The van der Waals surface area contributed by atoms with Gasteiger partial charge in [0.25, 0.3) is 0 Å². The van der Waals surface area contributed by atoms with E-state index in [2.05, 4.69) is 0 Å². The third-order valence-electron chi connectivity index (χ3n) is 2.61. The molecule has 5 heteroatoms. The van der Waals surface area contributed by atoms with Crippen LogP contribution in [0.5, 0.6) is 0 Å². The molecule has 0 unspecified atom stereocenters. The Morgan fingerprint density at radius 3 is 1.24 bits per heavy atom. The number of thioether (sulfide) groups is 1. The summed E-state index contributed by atoms with van der Waals surface area (Å²) < 4.78 is 0. The predicted octanol–water partition coefficient (Wildman–Crippen LogP) is -0.0638. The molecule has 0 amide bonds. The molecule has 0 aromatic rings. The Bertz CT molecular complexity index is 337. The van der Waals surface area contributed by atoms with Crippen molar-refractivity contribution in [2.24, 2.45) is 22.9 Å². The van der Waals surface area contributed by atoms with Gasteiger partial charge in [0.1, 0.15) is 11.3 Å². The molecule has 0 aliphatic heterocycles. The quantitative estimate of drug-likeness (QED) is 0.406. The lowest BCUT2D eigenvalue weighted by Gasteiger charge is -2.25. The van der Waals surface area contributed by atoms with Crippen LogP contribution in [0.2, 0.25) is 0 Å². The summed E-state index contributed by atoms with van der Waals surface area (Å²) in [6.45, 7) is 0. The van der Waals surface area contributed by atoms with E-state index in [9.17, 15) is 0 Å². The average Bonchev–Trinajstić information content (AvgIpc) is 2.24. The lowest BCUT2D eigenvalue weighted by Crippen LogP contribution is -2.47. The van der Waals surface area contributed by atoms with Crippen molar-refractivity contribution in [3.63, 3.8) is 0 Å². The lowest BCUT2D eigenvalue weighted by molar-refractivity contribution is 0.681. The molecule has 0 bridgehead atoms. The van der Waals surface area contributed by atoms with E-state index in [1.54, 1.807) is 11.8 Å². The molecule has 2 aliphatic carbocycles. The molecule has 2 aliphatic rings. The molecule has 0 fully saturated rings. The molecule has 4 nitrogen and oxygen atoms in total. The Labute approximate surface area is 105 Å². The van der Waals surface area contributed by atoms with Crippen LogP contribution < -0.4 is 22.9 Å². The second-order valence-electron chi connectivity index (χ2n) is 4.50. The van der Waals surface area contributed by atoms with Gasteiger partial charge in [-0.15, -0.1) is 11.8 Å². The van der Waals surface area contributed by atoms with Crippen molar-refractivity contribution in [2.75, 3.05) is 0 Å². The minimum absolute atomic E-state index is 0.276. The maximum Gasteiger partial charge on any atom is 0.102 e. The van der Waals surface area contributed by atoms with Gasteiger partial charge >= 0.3 is 0 Å². The van der Waals surface area contributed by atoms with E-state index in [0.29, 0.717) is 0 Å². The predicted molar refractivity (Wildman–Crippen MR) is 73.9 cm³/mol. The molecular formula is C12H18N4S. The number of nitrogens with two attached hydrogens (primary N) is 4. The first-order valence-electron chi connectivity index (χ1n) is 5.45. The first-order chi connectivity index (χ1) is 7.86. The van der Waals surface area contributed by atoms with E-state index >= 15 is 0 Å². The van der Waals surface area contributed by atoms with E-state index in [-0.39, 0.29) is 10.5 Å². The van der Waals surface area contributed by atoms with Gasteiger partial charge < -0.3 is 22.9 Å². The third kappa shape index (κ3) is 3.55. The van der Waals surface area contributed by atoms with Crippen LogP contribution in [0.1, 0.15) is 0 Å². The monoisotopic (exact) mass is 250 g/mol. The standard InChI is InChI=1S/C12H18N4S/c13-11(14)5-1-9(2-6-11)17-10-3-7-12(15,16)8-4-10/h1-10H,13-16H2. The summed E-state index contributed by atoms with van der Waals surface area (Å²) in [6.07, 6.45) is 15.3. The zero-order chi connectivity index (χ0) is 12.5. The molecular weight excluding hydrogens is 232 g/mol. The highest BCUT2D eigenvalue weighted by atomic mass is 32.2. The fraction of sp³-hybridized carbons (Fsp3) is 0.333. The van der Waals surface area contributed by atoms with E-state index in [1.165, 1.54) is 0 Å². The first-order valence-corrected chi connectivity index (χ1v) is 6.39. The molecule has 0 spiro atoms. The molecule has 0 heterocycles. The van der Waals surface area contributed by atoms with Gasteiger partial charge in [-0.3, -0.25) is 0 Å². The van der Waals surface area contributed by atoms with Crippen molar-refractivity contribution in [3.8, 4) is 0 Å². The van der Waals surface area contributed by atoms with Crippen molar-refractivity contribution in [3.05, 3.63) is 48.6 Å². The second kappa shape index (κ2) is 4.44. The van der Waals surface area contributed by atoms with Crippen LogP contribution in [-0.2, 0) is 0 Å². The van der Waals surface area contributed by atoms with Crippen molar-refractivity contribution in [2.45, 2.75) is 21.8 Å². The fourth-order valence-corrected chi connectivity index (χ4v) is 2.69. The van der Waals surface area contributed by atoms with Crippen LogP contribution in [0.3, 0.4) is 0 Å². The van der Waals surface area contributed by atoms with Crippen molar-refractivity contribution in [1.29, 1.82) is 0 Å². The smallest absolute Gasteiger partial charge is 0.102 e. The lowest BCUT2D eigenvalue weighted by atomic mass is 10.1. The van der Waals surface area contributed by atoms with Gasteiger partial charge in [0.05, 0.1) is 0 Å². The van der Waals surface area contributed by atoms with Crippen LogP contribution in [0.15, 0.2) is 48.6 Å². The van der Waals surface area contributed by atoms with Gasteiger partial charge in [-0.1, -0.05) is 24.3 Å². The zero-order valence-corrected chi connectivity index (χ0v) is 10.3. The highest BCUT2D eigenvalue weighted by Gasteiger charge is 2.21. The zero-order valence-electron chi connectivity index (χ0n) is 9.49. The van der Waals surface area contributed by atoms with Crippen LogP contribution in [-0.4, -0.2) is 21.8 Å². The van der Waals surface area contributed by atoms with E-state index in [4.69, 9.17) is 22.9 Å². The average molecular weight is 250 g/mol. The van der Waals surface area contributed by atoms with Crippen LogP contribution in [0, 0.1) is 0 Å². The van der Waals surface area contributed by atoms with E-state index in [0.717, 1.165) is 0 Å². The summed E-state index contributed by atoms with van der Waals surface area (Å²) in [7, 11) is 0. The van der Waals surface area contributed by atoms with Crippen molar-refractivity contribution < 1.29 is 0 Å². The van der Waals surface area contributed by atoms with Gasteiger partial charge in [0.15, 0.2) is 0 Å². The van der Waals surface area contributed by atoms with Crippen LogP contribution in [0.4, 0.5) is 0 Å². The molecule has 17 heavy (non-hydrogen) atoms. The van der Waals surface area contributed by atoms with Crippen molar-refractivity contribution >= 4 is 11.8 Å². The summed E-state index contributed by atoms with van der Waals surface area (Å²) in [5.41, 5.74) is 21.4. The maximum absolute atomic E-state index is 5.74. The Kier molecular flexibility index (Phi) is 3.29. The number of rotatable bonds is 2. The Morgan fingerprint density at radius 2 is 0.941 bits per heavy atom.